The van der Waals surface area contributed by atoms with Crippen LogP contribution in [0.25, 0.3) is 10.9 Å². The molecule has 0 spiro atoms. The first-order valence-electron chi connectivity index (χ1n) is 7.26. The molecule has 0 aliphatic rings. The van der Waals surface area contributed by atoms with Crippen LogP contribution < -0.4 is 4.72 Å². The molecule has 22 heavy (non-hydrogen) atoms. The second-order valence-corrected chi connectivity index (χ2v) is 7.44. The van der Waals surface area contributed by atoms with Crippen molar-refractivity contribution in [3.8, 4) is 0 Å². The fraction of sp³-hybridized carbons (Fsp3) is 0.467. The predicted molar refractivity (Wildman–Crippen MR) is 87.8 cm³/mol. The molecule has 1 atom stereocenters. The molecule has 6 nitrogen and oxygen atoms in total. The monoisotopic (exact) mass is 325 g/mol. The molecule has 2 aromatic rings. The SMILES string of the molecule is CC(C)N(C)S(=O)(=O)NC(CO)Cc1c[nH]c2ccccc12. The van der Waals surface area contributed by atoms with Gasteiger partial charge in [-0.3, -0.25) is 0 Å². The van der Waals surface area contributed by atoms with Crippen LogP contribution in [0.4, 0.5) is 0 Å². The van der Waals surface area contributed by atoms with E-state index >= 15 is 0 Å². The average Bonchev–Trinajstić information content (AvgIpc) is 2.88. The third-order valence-corrected chi connectivity index (χ3v) is 5.59. The van der Waals surface area contributed by atoms with Crippen LogP contribution in [-0.4, -0.2) is 48.6 Å². The van der Waals surface area contributed by atoms with E-state index in [-0.39, 0.29) is 12.6 Å². The highest BCUT2D eigenvalue weighted by molar-refractivity contribution is 7.87. The summed E-state index contributed by atoms with van der Waals surface area (Å²) in [7, 11) is -2.09. The van der Waals surface area contributed by atoms with Gasteiger partial charge in [0.25, 0.3) is 10.2 Å². The number of para-hydroxylation sites is 1. The summed E-state index contributed by atoms with van der Waals surface area (Å²) in [6, 6.07) is 7.10. The van der Waals surface area contributed by atoms with Gasteiger partial charge in [0, 0.05) is 30.2 Å². The molecule has 1 heterocycles. The summed E-state index contributed by atoms with van der Waals surface area (Å²) in [6.07, 6.45) is 2.28. The van der Waals surface area contributed by atoms with Crippen molar-refractivity contribution in [3.63, 3.8) is 0 Å². The van der Waals surface area contributed by atoms with Crippen molar-refractivity contribution in [1.82, 2.24) is 14.0 Å². The minimum atomic E-state index is -3.61. The number of H-pyrrole nitrogens is 1. The molecule has 0 amide bonds. The van der Waals surface area contributed by atoms with E-state index in [2.05, 4.69) is 9.71 Å². The topological polar surface area (TPSA) is 85.4 Å². The van der Waals surface area contributed by atoms with Crippen LogP contribution in [0, 0.1) is 0 Å². The quantitative estimate of drug-likeness (QED) is 0.716. The molecule has 0 bridgehead atoms. The van der Waals surface area contributed by atoms with Crippen LogP contribution in [0.15, 0.2) is 30.5 Å². The van der Waals surface area contributed by atoms with Gasteiger partial charge in [-0.1, -0.05) is 18.2 Å². The number of hydrogen-bond donors (Lipinski definition) is 3. The van der Waals surface area contributed by atoms with E-state index in [1.807, 2.05) is 30.5 Å². The Balaban J connectivity index is 2.16. The molecular formula is C15H23N3O3S. The number of nitrogens with one attached hydrogen (secondary N) is 2. The van der Waals surface area contributed by atoms with Gasteiger partial charge in [-0.15, -0.1) is 0 Å². The van der Waals surface area contributed by atoms with Gasteiger partial charge in [0.1, 0.15) is 0 Å². The van der Waals surface area contributed by atoms with Crippen LogP contribution in [0.1, 0.15) is 19.4 Å². The summed E-state index contributed by atoms with van der Waals surface area (Å²) in [5.74, 6) is 0. The number of aromatic nitrogens is 1. The van der Waals surface area contributed by atoms with Crippen molar-refractivity contribution in [3.05, 3.63) is 36.0 Å². The Kier molecular flexibility index (Phi) is 5.23. The van der Waals surface area contributed by atoms with Crippen molar-refractivity contribution in [2.24, 2.45) is 0 Å². The molecule has 1 aromatic heterocycles. The van der Waals surface area contributed by atoms with Crippen molar-refractivity contribution >= 4 is 21.1 Å². The van der Waals surface area contributed by atoms with Gasteiger partial charge in [0.15, 0.2) is 0 Å². The van der Waals surface area contributed by atoms with Gasteiger partial charge in [-0.05, 0) is 31.9 Å². The number of aliphatic hydroxyl groups is 1. The Labute approximate surface area is 131 Å². The number of aliphatic hydroxyl groups excluding tert-OH is 1. The lowest BCUT2D eigenvalue weighted by atomic mass is 10.1. The van der Waals surface area contributed by atoms with Gasteiger partial charge < -0.3 is 10.1 Å². The van der Waals surface area contributed by atoms with E-state index in [0.717, 1.165) is 16.5 Å². The lowest BCUT2D eigenvalue weighted by Crippen LogP contribution is -2.48. The van der Waals surface area contributed by atoms with Gasteiger partial charge in [-0.2, -0.15) is 17.4 Å². The molecule has 2 rings (SSSR count). The number of aromatic amines is 1. The maximum atomic E-state index is 12.2. The Morgan fingerprint density at radius 1 is 1.32 bits per heavy atom. The lowest BCUT2D eigenvalue weighted by molar-refractivity contribution is 0.253. The van der Waals surface area contributed by atoms with Crippen molar-refractivity contribution < 1.29 is 13.5 Å². The average molecular weight is 325 g/mol. The molecule has 0 fully saturated rings. The van der Waals surface area contributed by atoms with E-state index in [4.69, 9.17) is 0 Å². The second-order valence-electron chi connectivity index (χ2n) is 5.68. The van der Waals surface area contributed by atoms with Gasteiger partial charge in [0.2, 0.25) is 0 Å². The summed E-state index contributed by atoms with van der Waals surface area (Å²) in [4.78, 5) is 3.15. The first-order chi connectivity index (χ1) is 10.3. The molecule has 3 N–H and O–H groups in total. The number of nitrogens with zero attached hydrogens (tertiary/aromatic N) is 1. The van der Waals surface area contributed by atoms with Crippen molar-refractivity contribution in [2.45, 2.75) is 32.4 Å². The minimum absolute atomic E-state index is 0.148. The van der Waals surface area contributed by atoms with E-state index in [9.17, 15) is 13.5 Å². The van der Waals surface area contributed by atoms with E-state index in [1.54, 1.807) is 13.8 Å². The Bertz CT molecular complexity index is 724. The Morgan fingerprint density at radius 2 is 2.00 bits per heavy atom. The number of rotatable bonds is 7. The summed E-state index contributed by atoms with van der Waals surface area (Å²) >= 11 is 0. The third kappa shape index (κ3) is 3.67. The lowest BCUT2D eigenvalue weighted by Gasteiger charge is -2.24. The molecular weight excluding hydrogens is 302 g/mol. The Hall–Kier alpha value is -1.41. The third-order valence-electron chi connectivity index (χ3n) is 3.78. The molecule has 0 saturated heterocycles. The van der Waals surface area contributed by atoms with Gasteiger partial charge in [-0.25, -0.2) is 0 Å². The molecule has 7 heteroatoms. The number of benzene rings is 1. The fourth-order valence-electron chi connectivity index (χ4n) is 2.28. The van der Waals surface area contributed by atoms with Crippen LogP contribution in [-0.2, 0) is 16.6 Å². The summed E-state index contributed by atoms with van der Waals surface area (Å²) in [6.45, 7) is 3.34. The molecule has 0 aliphatic carbocycles. The molecule has 0 radical (unpaired) electrons. The van der Waals surface area contributed by atoms with E-state index in [0.29, 0.717) is 6.42 Å². The highest BCUT2D eigenvalue weighted by Gasteiger charge is 2.24. The first-order valence-corrected chi connectivity index (χ1v) is 8.70. The van der Waals surface area contributed by atoms with Gasteiger partial charge >= 0.3 is 0 Å². The predicted octanol–water partition coefficient (Wildman–Crippen LogP) is 1.25. The van der Waals surface area contributed by atoms with Crippen molar-refractivity contribution in [1.29, 1.82) is 0 Å². The maximum Gasteiger partial charge on any atom is 0.279 e. The zero-order chi connectivity index (χ0) is 16.3. The summed E-state index contributed by atoms with van der Waals surface area (Å²) in [5, 5.41) is 10.6. The van der Waals surface area contributed by atoms with Gasteiger partial charge in [0.05, 0.1) is 12.6 Å². The molecule has 1 aromatic carbocycles. The normalized spacial score (nSPS) is 14.1. The van der Waals surface area contributed by atoms with E-state index in [1.165, 1.54) is 11.4 Å². The minimum Gasteiger partial charge on any atom is -0.395 e. The molecule has 0 saturated carbocycles. The van der Waals surface area contributed by atoms with Crippen LogP contribution in [0.5, 0.6) is 0 Å². The highest BCUT2D eigenvalue weighted by atomic mass is 32.2. The highest BCUT2D eigenvalue weighted by Crippen LogP contribution is 2.19. The van der Waals surface area contributed by atoms with E-state index < -0.39 is 16.3 Å². The maximum absolute atomic E-state index is 12.2. The molecule has 122 valence electrons. The van der Waals surface area contributed by atoms with Crippen molar-refractivity contribution in [2.75, 3.05) is 13.7 Å². The molecule has 1 unspecified atom stereocenters. The standard InChI is InChI=1S/C15H23N3O3S/c1-11(2)18(3)22(20,21)17-13(10-19)8-12-9-16-15-7-5-4-6-14(12)15/h4-7,9,11,13,16-17,19H,8,10H2,1-3H3. The zero-order valence-electron chi connectivity index (χ0n) is 13.1. The number of hydrogen-bond acceptors (Lipinski definition) is 3. The second kappa shape index (κ2) is 6.78. The summed E-state index contributed by atoms with van der Waals surface area (Å²) < 4.78 is 28.3. The van der Waals surface area contributed by atoms with Crippen LogP contribution >= 0.6 is 0 Å². The fourth-order valence-corrected chi connectivity index (χ4v) is 3.58. The first kappa shape index (κ1) is 17.0. The Morgan fingerprint density at radius 3 is 2.64 bits per heavy atom. The molecule has 0 aliphatic heterocycles. The summed E-state index contributed by atoms with van der Waals surface area (Å²) in [5.41, 5.74) is 1.97. The number of fused-ring (bicyclic) bond motifs is 1. The van der Waals surface area contributed by atoms with Crippen LogP contribution in [0.3, 0.4) is 0 Å². The smallest absolute Gasteiger partial charge is 0.279 e. The zero-order valence-corrected chi connectivity index (χ0v) is 13.9. The largest absolute Gasteiger partial charge is 0.395 e. The van der Waals surface area contributed by atoms with Crippen LogP contribution in [0.2, 0.25) is 0 Å².